The minimum absolute atomic E-state index is 0.167. The van der Waals surface area contributed by atoms with Crippen molar-refractivity contribution in [1.82, 2.24) is 5.32 Å². The standard InChI is InChI=1S/C22H26Cl2N2O3/c1-21(2,3)26-20(28)29-16-8-6-7-15(12-16)25-19(27)22(4,5)13-14-9-10-17(23)18(24)11-14/h6-12H,13H2,1-5H3,(H,25,27)(H,26,28). The van der Waals surface area contributed by atoms with Crippen LogP contribution in [0, 0.1) is 5.41 Å². The molecule has 0 atom stereocenters. The zero-order valence-electron chi connectivity index (χ0n) is 17.2. The van der Waals surface area contributed by atoms with Crippen molar-refractivity contribution < 1.29 is 14.3 Å². The van der Waals surface area contributed by atoms with Gasteiger partial charge in [0.2, 0.25) is 5.91 Å². The fourth-order valence-electron chi connectivity index (χ4n) is 2.62. The van der Waals surface area contributed by atoms with Crippen molar-refractivity contribution in [3.05, 3.63) is 58.1 Å². The van der Waals surface area contributed by atoms with Gasteiger partial charge in [0, 0.05) is 22.7 Å². The molecule has 0 saturated carbocycles. The number of rotatable bonds is 5. The molecule has 156 valence electrons. The molecule has 0 spiro atoms. The van der Waals surface area contributed by atoms with E-state index in [1.165, 1.54) is 0 Å². The van der Waals surface area contributed by atoms with Gasteiger partial charge in [-0.25, -0.2) is 4.79 Å². The van der Waals surface area contributed by atoms with Crippen molar-refractivity contribution >= 4 is 40.9 Å². The molecule has 0 bridgehead atoms. The molecule has 0 saturated heterocycles. The second-order valence-corrected chi connectivity index (χ2v) is 9.37. The lowest BCUT2D eigenvalue weighted by Crippen LogP contribution is -2.42. The highest BCUT2D eigenvalue weighted by atomic mass is 35.5. The van der Waals surface area contributed by atoms with Crippen molar-refractivity contribution in [2.24, 2.45) is 5.41 Å². The van der Waals surface area contributed by atoms with Gasteiger partial charge in [-0.2, -0.15) is 0 Å². The molecule has 0 unspecified atom stereocenters. The number of benzene rings is 2. The van der Waals surface area contributed by atoms with E-state index in [1.807, 2.05) is 40.7 Å². The summed E-state index contributed by atoms with van der Waals surface area (Å²) in [5.74, 6) is 0.173. The highest BCUT2D eigenvalue weighted by Gasteiger charge is 2.28. The summed E-state index contributed by atoms with van der Waals surface area (Å²) in [5.41, 5.74) is 0.350. The van der Waals surface area contributed by atoms with E-state index in [0.29, 0.717) is 27.9 Å². The molecule has 0 aliphatic heterocycles. The number of halogens is 2. The molecule has 0 heterocycles. The number of hydrogen-bond acceptors (Lipinski definition) is 3. The zero-order chi connectivity index (χ0) is 21.8. The summed E-state index contributed by atoms with van der Waals surface area (Å²) < 4.78 is 5.29. The molecular formula is C22H26Cl2N2O3. The van der Waals surface area contributed by atoms with Crippen LogP contribution < -0.4 is 15.4 Å². The maximum absolute atomic E-state index is 12.8. The zero-order valence-corrected chi connectivity index (χ0v) is 18.7. The van der Waals surface area contributed by atoms with Gasteiger partial charge in [-0.3, -0.25) is 4.79 Å². The molecule has 2 amide bonds. The van der Waals surface area contributed by atoms with Gasteiger partial charge in [0.05, 0.1) is 10.0 Å². The average molecular weight is 437 g/mol. The first-order valence-electron chi connectivity index (χ1n) is 9.21. The van der Waals surface area contributed by atoms with Crippen LogP contribution in [0.3, 0.4) is 0 Å². The monoisotopic (exact) mass is 436 g/mol. The molecule has 29 heavy (non-hydrogen) atoms. The number of nitrogens with one attached hydrogen (secondary N) is 2. The molecule has 0 fully saturated rings. The topological polar surface area (TPSA) is 67.4 Å². The Morgan fingerprint density at radius 1 is 0.966 bits per heavy atom. The summed E-state index contributed by atoms with van der Waals surface area (Å²) in [6.07, 6.45) is -0.0687. The highest BCUT2D eigenvalue weighted by Crippen LogP contribution is 2.29. The van der Waals surface area contributed by atoms with E-state index in [0.717, 1.165) is 5.56 Å². The Hall–Kier alpha value is -2.24. The lowest BCUT2D eigenvalue weighted by Gasteiger charge is -2.24. The van der Waals surface area contributed by atoms with Crippen LogP contribution in [0.15, 0.2) is 42.5 Å². The van der Waals surface area contributed by atoms with E-state index in [2.05, 4.69) is 10.6 Å². The first-order chi connectivity index (χ1) is 13.4. The third-order valence-electron chi connectivity index (χ3n) is 4.02. The molecule has 0 aromatic heterocycles. The largest absolute Gasteiger partial charge is 0.413 e. The lowest BCUT2D eigenvalue weighted by molar-refractivity contribution is -0.123. The maximum atomic E-state index is 12.8. The van der Waals surface area contributed by atoms with Crippen LogP contribution in [-0.2, 0) is 11.2 Å². The summed E-state index contributed by atoms with van der Waals surface area (Å²) in [5, 5.41) is 6.53. The van der Waals surface area contributed by atoms with Crippen molar-refractivity contribution in [3.63, 3.8) is 0 Å². The molecule has 2 N–H and O–H groups in total. The first kappa shape index (κ1) is 23.0. The Bertz CT molecular complexity index is 905. The van der Waals surface area contributed by atoms with Gasteiger partial charge >= 0.3 is 6.09 Å². The molecule has 5 nitrogen and oxygen atoms in total. The Morgan fingerprint density at radius 2 is 1.66 bits per heavy atom. The maximum Gasteiger partial charge on any atom is 0.413 e. The molecule has 0 aliphatic rings. The number of carbonyl (C=O) groups is 2. The molecule has 0 aliphatic carbocycles. The normalized spacial score (nSPS) is 11.7. The van der Waals surface area contributed by atoms with Gasteiger partial charge in [-0.15, -0.1) is 0 Å². The van der Waals surface area contributed by atoms with E-state index in [-0.39, 0.29) is 5.91 Å². The molecule has 2 aromatic rings. The van der Waals surface area contributed by atoms with Crippen molar-refractivity contribution in [2.45, 2.75) is 46.6 Å². The fraction of sp³-hybridized carbons (Fsp3) is 0.364. The molecule has 0 radical (unpaired) electrons. The van der Waals surface area contributed by atoms with Crippen LogP contribution >= 0.6 is 23.2 Å². The van der Waals surface area contributed by atoms with Gasteiger partial charge in [-0.1, -0.05) is 49.2 Å². The first-order valence-corrected chi connectivity index (χ1v) is 9.97. The van der Waals surface area contributed by atoms with Crippen LogP contribution in [-0.4, -0.2) is 17.5 Å². The Labute approximate surface area is 181 Å². The number of amides is 2. The number of carbonyl (C=O) groups excluding carboxylic acids is 2. The number of hydrogen-bond donors (Lipinski definition) is 2. The minimum Gasteiger partial charge on any atom is -0.410 e. The summed E-state index contributed by atoms with van der Waals surface area (Å²) in [6.45, 7) is 9.28. The molecule has 2 aromatic carbocycles. The van der Waals surface area contributed by atoms with Crippen LogP contribution in [0.4, 0.5) is 10.5 Å². The van der Waals surface area contributed by atoms with Crippen LogP contribution in [0.2, 0.25) is 10.0 Å². The van der Waals surface area contributed by atoms with Gasteiger partial charge in [-0.05, 0) is 57.0 Å². The third kappa shape index (κ3) is 7.26. The predicted molar refractivity (Wildman–Crippen MR) is 118 cm³/mol. The van der Waals surface area contributed by atoms with Gasteiger partial charge < -0.3 is 15.4 Å². The number of ether oxygens (including phenoxy) is 1. The van der Waals surface area contributed by atoms with Gasteiger partial charge in [0.1, 0.15) is 5.75 Å². The quantitative estimate of drug-likeness (QED) is 0.595. The number of anilines is 1. The highest BCUT2D eigenvalue weighted by molar-refractivity contribution is 6.42. The Morgan fingerprint density at radius 3 is 2.28 bits per heavy atom. The molecule has 7 heteroatoms. The molecular weight excluding hydrogens is 411 g/mol. The third-order valence-corrected chi connectivity index (χ3v) is 4.76. The van der Waals surface area contributed by atoms with E-state index < -0.39 is 17.0 Å². The van der Waals surface area contributed by atoms with Crippen LogP contribution in [0.25, 0.3) is 0 Å². The van der Waals surface area contributed by atoms with E-state index in [1.54, 1.807) is 36.4 Å². The Kier molecular flexibility index (Phi) is 7.20. The predicted octanol–water partition coefficient (Wildman–Crippen LogP) is 6.09. The van der Waals surface area contributed by atoms with Gasteiger partial charge in [0.25, 0.3) is 0 Å². The smallest absolute Gasteiger partial charge is 0.410 e. The minimum atomic E-state index is -0.697. The summed E-state index contributed by atoms with van der Waals surface area (Å²) >= 11 is 12.0. The van der Waals surface area contributed by atoms with E-state index >= 15 is 0 Å². The summed E-state index contributed by atoms with van der Waals surface area (Å²) in [7, 11) is 0. The Balaban J connectivity index is 2.05. The van der Waals surface area contributed by atoms with Crippen molar-refractivity contribution in [3.8, 4) is 5.75 Å². The van der Waals surface area contributed by atoms with E-state index in [9.17, 15) is 9.59 Å². The summed E-state index contributed by atoms with van der Waals surface area (Å²) in [6, 6.07) is 12.0. The van der Waals surface area contributed by atoms with Crippen molar-refractivity contribution in [2.75, 3.05) is 5.32 Å². The summed E-state index contributed by atoms with van der Waals surface area (Å²) in [4.78, 5) is 24.8. The second-order valence-electron chi connectivity index (χ2n) is 8.56. The van der Waals surface area contributed by atoms with Crippen LogP contribution in [0.5, 0.6) is 5.75 Å². The average Bonchev–Trinajstić information content (AvgIpc) is 2.56. The van der Waals surface area contributed by atoms with Crippen molar-refractivity contribution in [1.29, 1.82) is 0 Å². The SMILES string of the molecule is CC(C)(C)NC(=O)Oc1cccc(NC(=O)C(C)(C)Cc2ccc(Cl)c(Cl)c2)c1. The van der Waals surface area contributed by atoms with Crippen LogP contribution in [0.1, 0.15) is 40.2 Å². The molecule has 2 rings (SSSR count). The van der Waals surface area contributed by atoms with E-state index in [4.69, 9.17) is 27.9 Å². The van der Waals surface area contributed by atoms with Gasteiger partial charge in [0.15, 0.2) is 0 Å². The second kappa shape index (κ2) is 9.06. The fourth-order valence-corrected chi connectivity index (χ4v) is 2.94. The lowest BCUT2D eigenvalue weighted by atomic mass is 9.84.